The van der Waals surface area contributed by atoms with E-state index in [1.54, 1.807) is 14.2 Å². The van der Waals surface area contributed by atoms with E-state index >= 15 is 0 Å². The van der Waals surface area contributed by atoms with Gasteiger partial charge in [0.2, 0.25) is 5.91 Å². The minimum Gasteiger partial charge on any atom is -0.497 e. The van der Waals surface area contributed by atoms with E-state index in [9.17, 15) is 4.79 Å². The maximum absolute atomic E-state index is 11.6. The molecule has 0 unspecified atom stereocenters. The molecule has 0 aliphatic rings. The van der Waals surface area contributed by atoms with Crippen molar-refractivity contribution in [3.63, 3.8) is 0 Å². The van der Waals surface area contributed by atoms with E-state index in [1.165, 1.54) is 0 Å². The lowest BCUT2D eigenvalue weighted by Crippen LogP contribution is -2.25. The van der Waals surface area contributed by atoms with Crippen molar-refractivity contribution < 1.29 is 19.4 Å². The van der Waals surface area contributed by atoms with Crippen molar-refractivity contribution in [2.24, 2.45) is 0 Å². The van der Waals surface area contributed by atoms with Crippen LogP contribution in [-0.2, 0) is 11.2 Å². The third kappa shape index (κ3) is 5.18. The quantitative estimate of drug-likeness (QED) is 0.693. The highest BCUT2D eigenvalue weighted by Gasteiger charge is 2.08. The second-order valence-corrected chi connectivity index (χ2v) is 4.10. The van der Waals surface area contributed by atoms with E-state index in [2.05, 4.69) is 5.32 Å². The Hall–Kier alpha value is -1.75. The molecule has 0 saturated carbocycles. The highest BCUT2D eigenvalue weighted by atomic mass is 16.5. The molecular formula is C14H21NO4. The van der Waals surface area contributed by atoms with Gasteiger partial charge in [-0.05, 0) is 36.6 Å². The normalized spacial score (nSPS) is 10.1. The zero-order valence-corrected chi connectivity index (χ0v) is 11.4. The van der Waals surface area contributed by atoms with Crippen molar-refractivity contribution in [1.29, 1.82) is 0 Å². The molecule has 0 saturated heterocycles. The second kappa shape index (κ2) is 8.37. The molecule has 0 bridgehead atoms. The van der Waals surface area contributed by atoms with Crippen molar-refractivity contribution in [3.8, 4) is 11.5 Å². The second-order valence-electron chi connectivity index (χ2n) is 4.10. The number of nitrogens with one attached hydrogen (secondary N) is 1. The van der Waals surface area contributed by atoms with Crippen molar-refractivity contribution in [3.05, 3.63) is 23.8 Å². The number of benzene rings is 1. The number of methoxy groups -OCH3 is 2. The van der Waals surface area contributed by atoms with E-state index in [1.807, 2.05) is 18.2 Å². The molecule has 1 amide bonds. The van der Waals surface area contributed by atoms with Gasteiger partial charge in [0, 0.05) is 19.6 Å². The van der Waals surface area contributed by atoms with Gasteiger partial charge in [0.1, 0.15) is 11.5 Å². The van der Waals surface area contributed by atoms with E-state index < -0.39 is 0 Å². The SMILES string of the molecule is COc1ccc(OC)c(CCC(=O)NCCCO)c1. The topological polar surface area (TPSA) is 67.8 Å². The average Bonchev–Trinajstić information content (AvgIpc) is 2.45. The minimum atomic E-state index is -0.0293. The van der Waals surface area contributed by atoms with Crippen molar-refractivity contribution in [1.82, 2.24) is 5.32 Å². The monoisotopic (exact) mass is 267 g/mol. The number of ether oxygens (including phenoxy) is 2. The Morgan fingerprint density at radius 3 is 2.74 bits per heavy atom. The van der Waals surface area contributed by atoms with E-state index in [-0.39, 0.29) is 12.5 Å². The Morgan fingerprint density at radius 2 is 2.11 bits per heavy atom. The Kier molecular flexibility index (Phi) is 6.74. The van der Waals surface area contributed by atoms with Crippen LogP contribution in [0.25, 0.3) is 0 Å². The van der Waals surface area contributed by atoms with Gasteiger partial charge in [-0.1, -0.05) is 0 Å². The summed E-state index contributed by atoms with van der Waals surface area (Å²) >= 11 is 0. The Morgan fingerprint density at radius 1 is 1.32 bits per heavy atom. The summed E-state index contributed by atoms with van der Waals surface area (Å²) in [6.45, 7) is 0.592. The number of aliphatic hydroxyl groups excluding tert-OH is 1. The third-order valence-electron chi connectivity index (χ3n) is 2.77. The molecule has 0 fully saturated rings. The molecule has 1 aromatic carbocycles. The molecule has 0 aliphatic heterocycles. The third-order valence-corrected chi connectivity index (χ3v) is 2.77. The molecule has 0 radical (unpaired) electrons. The Balaban J connectivity index is 2.53. The molecule has 1 aromatic rings. The summed E-state index contributed by atoms with van der Waals surface area (Å²) in [6, 6.07) is 5.53. The van der Waals surface area contributed by atoms with Gasteiger partial charge < -0.3 is 19.9 Å². The number of aliphatic hydroxyl groups is 1. The van der Waals surface area contributed by atoms with Gasteiger partial charge in [0.05, 0.1) is 14.2 Å². The van der Waals surface area contributed by atoms with Crippen LogP contribution < -0.4 is 14.8 Å². The lowest BCUT2D eigenvalue weighted by atomic mass is 10.1. The van der Waals surface area contributed by atoms with Crippen LogP contribution in [0.1, 0.15) is 18.4 Å². The summed E-state index contributed by atoms with van der Waals surface area (Å²) in [5.41, 5.74) is 0.944. The van der Waals surface area contributed by atoms with Crippen LogP contribution in [-0.4, -0.2) is 38.4 Å². The smallest absolute Gasteiger partial charge is 0.220 e. The summed E-state index contributed by atoms with van der Waals surface area (Å²) in [6.07, 6.45) is 1.55. The Bertz CT molecular complexity index is 406. The first-order valence-electron chi connectivity index (χ1n) is 6.29. The van der Waals surface area contributed by atoms with Gasteiger partial charge in [0.25, 0.3) is 0 Å². The highest BCUT2D eigenvalue weighted by molar-refractivity contribution is 5.76. The van der Waals surface area contributed by atoms with Crippen LogP contribution in [0.3, 0.4) is 0 Å². The molecule has 0 aromatic heterocycles. The number of hydrogen-bond acceptors (Lipinski definition) is 4. The number of rotatable bonds is 8. The molecule has 106 valence electrons. The predicted octanol–water partition coefficient (Wildman–Crippen LogP) is 1.13. The van der Waals surface area contributed by atoms with Crippen LogP contribution in [0.2, 0.25) is 0 Å². The van der Waals surface area contributed by atoms with Gasteiger partial charge in [-0.25, -0.2) is 0 Å². The molecule has 0 heterocycles. The van der Waals surface area contributed by atoms with Gasteiger partial charge in [-0.2, -0.15) is 0 Å². The van der Waals surface area contributed by atoms with Crippen molar-refractivity contribution >= 4 is 5.91 Å². The molecule has 2 N–H and O–H groups in total. The lowest BCUT2D eigenvalue weighted by Gasteiger charge is -2.10. The fraction of sp³-hybridized carbons (Fsp3) is 0.500. The first-order valence-corrected chi connectivity index (χ1v) is 6.29. The van der Waals surface area contributed by atoms with E-state index in [0.717, 1.165) is 17.1 Å². The average molecular weight is 267 g/mol. The summed E-state index contributed by atoms with van der Waals surface area (Å²) in [5.74, 6) is 1.47. The number of hydrogen-bond donors (Lipinski definition) is 2. The summed E-state index contributed by atoms with van der Waals surface area (Å²) < 4.78 is 10.4. The molecule has 5 nitrogen and oxygen atoms in total. The largest absolute Gasteiger partial charge is 0.497 e. The molecule has 5 heteroatoms. The van der Waals surface area contributed by atoms with Gasteiger partial charge in [0.15, 0.2) is 0 Å². The highest BCUT2D eigenvalue weighted by Crippen LogP contribution is 2.24. The lowest BCUT2D eigenvalue weighted by molar-refractivity contribution is -0.121. The first kappa shape index (κ1) is 15.3. The molecular weight excluding hydrogens is 246 g/mol. The fourth-order valence-electron chi connectivity index (χ4n) is 1.72. The summed E-state index contributed by atoms with van der Waals surface area (Å²) in [7, 11) is 3.21. The fourth-order valence-corrected chi connectivity index (χ4v) is 1.72. The number of carbonyl (C=O) groups excluding carboxylic acids is 1. The maximum Gasteiger partial charge on any atom is 0.220 e. The van der Waals surface area contributed by atoms with Crippen LogP contribution in [0.5, 0.6) is 11.5 Å². The summed E-state index contributed by atoms with van der Waals surface area (Å²) in [5, 5.41) is 11.4. The number of aryl methyl sites for hydroxylation is 1. The standard InChI is InChI=1S/C14H21NO4/c1-18-12-5-6-13(19-2)11(10-12)4-7-14(17)15-8-3-9-16/h5-6,10,16H,3-4,7-9H2,1-2H3,(H,15,17). The maximum atomic E-state index is 11.6. The number of amides is 1. The van der Waals surface area contributed by atoms with Crippen LogP contribution in [0.4, 0.5) is 0 Å². The number of carbonyl (C=O) groups is 1. The molecule has 0 aliphatic carbocycles. The van der Waals surface area contributed by atoms with Crippen molar-refractivity contribution in [2.45, 2.75) is 19.3 Å². The van der Waals surface area contributed by atoms with E-state index in [4.69, 9.17) is 14.6 Å². The summed E-state index contributed by atoms with van der Waals surface area (Å²) in [4.78, 5) is 11.6. The molecule has 0 spiro atoms. The zero-order chi connectivity index (χ0) is 14.1. The van der Waals surface area contributed by atoms with Crippen LogP contribution in [0.15, 0.2) is 18.2 Å². The zero-order valence-electron chi connectivity index (χ0n) is 11.4. The van der Waals surface area contributed by atoms with Crippen molar-refractivity contribution in [2.75, 3.05) is 27.4 Å². The van der Waals surface area contributed by atoms with Crippen LogP contribution in [0, 0.1) is 0 Å². The van der Waals surface area contributed by atoms with Gasteiger partial charge in [-0.15, -0.1) is 0 Å². The van der Waals surface area contributed by atoms with Crippen LogP contribution >= 0.6 is 0 Å². The van der Waals surface area contributed by atoms with Gasteiger partial charge in [-0.3, -0.25) is 4.79 Å². The predicted molar refractivity (Wildman–Crippen MR) is 72.6 cm³/mol. The van der Waals surface area contributed by atoms with E-state index in [0.29, 0.717) is 25.8 Å². The Labute approximate surface area is 113 Å². The minimum absolute atomic E-state index is 0.0293. The molecule has 1 rings (SSSR count). The molecule has 19 heavy (non-hydrogen) atoms. The molecule has 0 atom stereocenters. The van der Waals surface area contributed by atoms with Gasteiger partial charge >= 0.3 is 0 Å². The first-order chi connectivity index (χ1) is 9.21.